The Labute approximate surface area is 85.1 Å². The van der Waals surface area contributed by atoms with Crippen molar-refractivity contribution >= 4 is 5.97 Å². The van der Waals surface area contributed by atoms with Crippen LogP contribution in [0.3, 0.4) is 0 Å². The highest BCUT2D eigenvalue weighted by atomic mass is 16.8. The second-order valence-corrected chi connectivity index (χ2v) is 3.72. The molecule has 80 valence electrons. The summed E-state index contributed by atoms with van der Waals surface area (Å²) in [5, 5.41) is 0. The quantitative estimate of drug-likeness (QED) is 0.285. The summed E-state index contributed by atoms with van der Waals surface area (Å²) >= 11 is 0. The van der Waals surface area contributed by atoms with Crippen molar-refractivity contribution in [3.63, 3.8) is 0 Å². The lowest BCUT2D eigenvalue weighted by Crippen LogP contribution is -2.09. The molecule has 0 saturated carbocycles. The Bertz CT molecular complexity index is 223. The standard InChI is InChI=1S/C11H18O3/c1-4-5-6-7-9-11(13-9)14-10(12)8(2)3/h9,11H,2,4-7H2,1,3H3. The Morgan fingerprint density at radius 3 is 2.79 bits per heavy atom. The van der Waals surface area contributed by atoms with E-state index >= 15 is 0 Å². The third-order valence-electron chi connectivity index (χ3n) is 2.20. The van der Waals surface area contributed by atoms with Crippen molar-refractivity contribution in [2.45, 2.75) is 51.9 Å². The number of esters is 1. The van der Waals surface area contributed by atoms with Gasteiger partial charge in [0.1, 0.15) is 6.10 Å². The van der Waals surface area contributed by atoms with E-state index < -0.39 is 0 Å². The molecule has 1 saturated heterocycles. The zero-order valence-corrected chi connectivity index (χ0v) is 8.91. The number of hydrogen-bond acceptors (Lipinski definition) is 3. The highest BCUT2D eigenvalue weighted by Gasteiger charge is 2.41. The first-order valence-corrected chi connectivity index (χ1v) is 5.17. The molecule has 1 heterocycles. The van der Waals surface area contributed by atoms with Crippen LogP contribution in [0.25, 0.3) is 0 Å². The number of epoxide rings is 1. The Hall–Kier alpha value is -0.830. The highest BCUT2D eigenvalue weighted by molar-refractivity contribution is 5.87. The Morgan fingerprint density at radius 2 is 2.21 bits per heavy atom. The van der Waals surface area contributed by atoms with Gasteiger partial charge in [-0.05, 0) is 13.3 Å². The summed E-state index contributed by atoms with van der Waals surface area (Å²) < 4.78 is 10.2. The number of rotatable bonds is 6. The SMILES string of the molecule is C=C(C)C(=O)OC1OC1CCCCC. The van der Waals surface area contributed by atoms with Crippen LogP contribution in [0.4, 0.5) is 0 Å². The average Bonchev–Trinajstić information content (AvgIpc) is 2.84. The van der Waals surface area contributed by atoms with Gasteiger partial charge in [-0.15, -0.1) is 0 Å². The minimum absolute atomic E-state index is 0.129. The van der Waals surface area contributed by atoms with E-state index in [9.17, 15) is 4.79 Å². The van der Waals surface area contributed by atoms with Gasteiger partial charge < -0.3 is 9.47 Å². The topological polar surface area (TPSA) is 38.8 Å². The molecule has 0 bridgehead atoms. The molecule has 1 aliphatic heterocycles. The van der Waals surface area contributed by atoms with Crippen LogP contribution in [-0.4, -0.2) is 18.4 Å². The van der Waals surface area contributed by atoms with Crippen molar-refractivity contribution in [3.8, 4) is 0 Å². The Kier molecular flexibility index (Phi) is 4.14. The molecular formula is C11H18O3. The maximum absolute atomic E-state index is 11.1. The second-order valence-electron chi connectivity index (χ2n) is 3.72. The average molecular weight is 198 g/mol. The van der Waals surface area contributed by atoms with Crippen LogP contribution < -0.4 is 0 Å². The molecule has 0 N–H and O–H groups in total. The monoisotopic (exact) mass is 198 g/mol. The molecule has 0 aromatic carbocycles. The van der Waals surface area contributed by atoms with Crippen LogP contribution in [0.2, 0.25) is 0 Å². The van der Waals surface area contributed by atoms with Crippen LogP contribution in [-0.2, 0) is 14.3 Å². The molecule has 14 heavy (non-hydrogen) atoms. The maximum atomic E-state index is 11.1. The van der Waals surface area contributed by atoms with Gasteiger partial charge in [0.25, 0.3) is 0 Å². The van der Waals surface area contributed by atoms with Crippen molar-refractivity contribution in [2.75, 3.05) is 0 Å². The lowest BCUT2D eigenvalue weighted by atomic mass is 10.2. The largest absolute Gasteiger partial charge is 0.429 e. The molecule has 1 fully saturated rings. The van der Waals surface area contributed by atoms with E-state index in [4.69, 9.17) is 9.47 Å². The van der Waals surface area contributed by atoms with Gasteiger partial charge in [-0.3, -0.25) is 0 Å². The highest BCUT2D eigenvalue weighted by Crippen LogP contribution is 2.28. The fraction of sp³-hybridized carbons (Fsp3) is 0.727. The third kappa shape index (κ3) is 3.50. The molecular weight excluding hydrogens is 180 g/mol. The molecule has 0 aliphatic carbocycles. The van der Waals surface area contributed by atoms with Crippen LogP contribution in [0.5, 0.6) is 0 Å². The van der Waals surface area contributed by atoms with Crippen molar-refractivity contribution in [1.29, 1.82) is 0 Å². The van der Waals surface area contributed by atoms with E-state index in [1.165, 1.54) is 12.8 Å². The van der Waals surface area contributed by atoms with Gasteiger partial charge in [-0.2, -0.15) is 0 Å². The number of ether oxygens (including phenoxy) is 2. The lowest BCUT2D eigenvalue weighted by Gasteiger charge is -1.99. The van der Waals surface area contributed by atoms with Gasteiger partial charge >= 0.3 is 5.97 Å². The molecule has 1 rings (SSSR count). The fourth-order valence-electron chi connectivity index (χ4n) is 1.24. The van der Waals surface area contributed by atoms with Crippen molar-refractivity contribution < 1.29 is 14.3 Å². The third-order valence-corrected chi connectivity index (χ3v) is 2.20. The minimum atomic E-state index is -0.354. The predicted octanol–water partition coefficient (Wildman–Crippen LogP) is 2.41. The zero-order valence-electron chi connectivity index (χ0n) is 8.91. The van der Waals surface area contributed by atoms with Crippen LogP contribution in [0.1, 0.15) is 39.5 Å². The molecule has 3 nitrogen and oxygen atoms in total. The summed E-state index contributed by atoms with van der Waals surface area (Å²) in [6.07, 6.45) is 4.36. The first-order chi connectivity index (χ1) is 6.65. The van der Waals surface area contributed by atoms with Gasteiger partial charge in [0.15, 0.2) is 0 Å². The number of unbranched alkanes of at least 4 members (excludes halogenated alkanes) is 2. The summed E-state index contributed by atoms with van der Waals surface area (Å²) in [5.74, 6) is -0.354. The van der Waals surface area contributed by atoms with E-state index in [2.05, 4.69) is 13.5 Å². The second kappa shape index (κ2) is 5.15. The van der Waals surface area contributed by atoms with Gasteiger partial charge in [-0.25, -0.2) is 4.79 Å². The first-order valence-electron chi connectivity index (χ1n) is 5.17. The molecule has 0 spiro atoms. The van der Waals surface area contributed by atoms with Crippen molar-refractivity contribution in [3.05, 3.63) is 12.2 Å². The van der Waals surface area contributed by atoms with Gasteiger partial charge in [0.05, 0.1) is 0 Å². The molecule has 0 amide bonds. The zero-order chi connectivity index (χ0) is 10.6. The van der Waals surface area contributed by atoms with Gasteiger partial charge in [-0.1, -0.05) is 32.8 Å². The van der Waals surface area contributed by atoms with E-state index in [1.54, 1.807) is 6.92 Å². The van der Waals surface area contributed by atoms with Crippen molar-refractivity contribution in [1.82, 2.24) is 0 Å². The molecule has 2 atom stereocenters. The summed E-state index contributed by atoms with van der Waals surface area (Å²) in [5.41, 5.74) is 0.424. The van der Waals surface area contributed by atoms with Gasteiger partial charge in [0.2, 0.25) is 6.29 Å². The Balaban J connectivity index is 2.08. The number of carbonyl (C=O) groups is 1. The van der Waals surface area contributed by atoms with Crippen LogP contribution >= 0.6 is 0 Å². The molecule has 2 unspecified atom stereocenters. The molecule has 0 aromatic heterocycles. The van der Waals surface area contributed by atoms with Crippen molar-refractivity contribution in [2.24, 2.45) is 0 Å². The fourth-order valence-corrected chi connectivity index (χ4v) is 1.24. The van der Waals surface area contributed by atoms with E-state index in [-0.39, 0.29) is 18.4 Å². The maximum Gasteiger partial charge on any atom is 0.335 e. The lowest BCUT2D eigenvalue weighted by molar-refractivity contribution is -0.143. The molecule has 0 aromatic rings. The predicted molar refractivity (Wildman–Crippen MR) is 53.7 cm³/mol. The van der Waals surface area contributed by atoms with Crippen LogP contribution in [0, 0.1) is 0 Å². The van der Waals surface area contributed by atoms with E-state index in [0.717, 1.165) is 12.8 Å². The van der Waals surface area contributed by atoms with Gasteiger partial charge in [0, 0.05) is 5.57 Å². The summed E-state index contributed by atoms with van der Waals surface area (Å²) in [4.78, 5) is 11.1. The minimum Gasteiger partial charge on any atom is -0.429 e. The van der Waals surface area contributed by atoms with E-state index in [0.29, 0.717) is 5.57 Å². The smallest absolute Gasteiger partial charge is 0.335 e. The number of carbonyl (C=O) groups excluding carboxylic acids is 1. The summed E-state index contributed by atoms with van der Waals surface area (Å²) in [6, 6.07) is 0. The normalized spacial score (nSPS) is 24.4. The molecule has 3 heteroatoms. The molecule has 1 aliphatic rings. The number of hydrogen-bond donors (Lipinski definition) is 0. The summed E-state index contributed by atoms with van der Waals surface area (Å²) in [7, 11) is 0. The van der Waals surface area contributed by atoms with Crippen LogP contribution in [0.15, 0.2) is 12.2 Å². The first kappa shape index (κ1) is 11.2. The summed E-state index contributed by atoms with van der Waals surface area (Å²) in [6.45, 7) is 7.30. The Morgan fingerprint density at radius 1 is 1.50 bits per heavy atom. The van der Waals surface area contributed by atoms with E-state index in [1.807, 2.05) is 0 Å². The molecule has 0 radical (unpaired) electrons.